The predicted octanol–water partition coefficient (Wildman–Crippen LogP) is 0.999. The zero-order valence-electron chi connectivity index (χ0n) is 8.32. The second-order valence-electron chi connectivity index (χ2n) is 3.00. The van der Waals surface area contributed by atoms with Crippen molar-refractivity contribution in [1.82, 2.24) is 0 Å². The van der Waals surface area contributed by atoms with E-state index in [1.165, 1.54) is 0 Å². The van der Waals surface area contributed by atoms with Crippen molar-refractivity contribution < 1.29 is 19.7 Å². The number of nitro benzene ring substituents is 2. The molecular formula is C8H7N3O6. The number of hydrogen-bond acceptors (Lipinski definition) is 6. The topological polar surface area (TPSA) is 136 Å². The highest BCUT2D eigenvalue weighted by molar-refractivity contribution is 5.73. The molecule has 0 radical (unpaired) electrons. The highest BCUT2D eigenvalue weighted by atomic mass is 16.6. The number of benzene rings is 1. The standard InChI is InChI=1S/C8H7N3O6/c12-8(13)4-9-5-1-6(10(14)15)3-7(2-5)11(16)17/h1-3,9H,4H2,(H,12,13). The van der Waals surface area contributed by atoms with E-state index in [1.54, 1.807) is 0 Å². The molecule has 0 amide bonds. The lowest BCUT2D eigenvalue weighted by atomic mass is 10.2. The van der Waals surface area contributed by atoms with Crippen LogP contribution in [0.25, 0.3) is 0 Å². The molecule has 0 bridgehead atoms. The van der Waals surface area contributed by atoms with Gasteiger partial charge in [-0.2, -0.15) is 0 Å². The minimum atomic E-state index is -1.18. The summed E-state index contributed by atoms with van der Waals surface area (Å²) >= 11 is 0. The first-order chi connectivity index (χ1) is 7.90. The maximum absolute atomic E-state index is 10.5. The Hall–Kier alpha value is -2.71. The Morgan fingerprint density at radius 2 is 1.65 bits per heavy atom. The lowest BCUT2D eigenvalue weighted by Crippen LogP contribution is -2.12. The van der Waals surface area contributed by atoms with Crippen LogP contribution in [0.2, 0.25) is 0 Å². The summed E-state index contributed by atoms with van der Waals surface area (Å²) in [5, 5.41) is 31.7. The lowest BCUT2D eigenvalue weighted by Gasteiger charge is -2.02. The average Bonchev–Trinajstić information content (AvgIpc) is 2.25. The van der Waals surface area contributed by atoms with Crippen molar-refractivity contribution in [2.45, 2.75) is 0 Å². The van der Waals surface area contributed by atoms with Crippen LogP contribution < -0.4 is 5.32 Å². The SMILES string of the molecule is O=C(O)CNc1cc([N+](=O)[O-])cc([N+](=O)[O-])c1. The minimum Gasteiger partial charge on any atom is -0.480 e. The summed E-state index contributed by atoms with van der Waals surface area (Å²) in [6.07, 6.45) is 0. The van der Waals surface area contributed by atoms with Crippen LogP contribution in [0.4, 0.5) is 17.1 Å². The smallest absolute Gasteiger partial charge is 0.322 e. The highest BCUT2D eigenvalue weighted by Gasteiger charge is 2.16. The normalized spacial score (nSPS) is 9.65. The van der Waals surface area contributed by atoms with Crippen molar-refractivity contribution in [3.63, 3.8) is 0 Å². The van der Waals surface area contributed by atoms with E-state index in [9.17, 15) is 25.0 Å². The van der Waals surface area contributed by atoms with E-state index in [0.29, 0.717) is 0 Å². The maximum atomic E-state index is 10.5. The third-order valence-electron chi connectivity index (χ3n) is 1.77. The summed E-state index contributed by atoms with van der Waals surface area (Å²) < 4.78 is 0. The summed E-state index contributed by atoms with van der Waals surface area (Å²) in [7, 11) is 0. The molecule has 9 heteroatoms. The van der Waals surface area contributed by atoms with Gasteiger partial charge in [-0.15, -0.1) is 0 Å². The van der Waals surface area contributed by atoms with Crippen molar-refractivity contribution in [3.8, 4) is 0 Å². The van der Waals surface area contributed by atoms with Gasteiger partial charge in [0.1, 0.15) is 6.54 Å². The molecule has 0 aliphatic carbocycles. The number of anilines is 1. The van der Waals surface area contributed by atoms with E-state index < -0.39 is 33.7 Å². The van der Waals surface area contributed by atoms with Gasteiger partial charge in [0.15, 0.2) is 0 Å². The monoisotopic (exact) mass is 241 g/mol. The van der Waals surface area contributed by atoms with Crippen molar-refractivity contribution in [3.05, 3.63) is 38.4 Å². The van der Waals surface area contributed by atoms with Crippen LogP contribution in [0.15, 0.2) is 18.2 Å². The molecule has 0 spiro atoms. The molecule has 0 heterocycles. The van der Waals surface area contributed by atoms with Gasteiger partial charge in [-0.3, -0.25) is 25.0 Å². The quantitative estimate of drug-likeness (QED) is 0.579. The third kappa shape index (κ3) is 3.41. The highest BCUT2D eigenvalue weighted by Crippen LogP contribution is 2.25. The Labute approximate surface area is 94.0 Å². The summed E-state index contributed by atoms with van der Waals surface area (Å²) in [5.41, 5.74) is -0.951. The fraction of sp³-hybridized carbons (Fsp3) is 0.125. The maximum Gasteiger partial charge on any atom is 0.322 e. The first-order valence-corrected chi connectivity index (χ1v) is 4.29. The van der Waals surface area contributed by atoms with Crippen LogP contribution in [0, 0.1) is 20.2 Å². The van der Waals surface area contributed by atoms with Crippen LogP contribution in [0.1, 0.15) is 0 Å². The molecule has 1 aromatic carbocycles. The molecular weight excluding hydrogens is 234 g/mol. The van der Waals surface area contributed by atoms with Gasteiger partial charge >= 0.3 is 5.97 Å². The number of carbonyl (C=O) groups is 1. The van der Waals surface area contributed by atoms with Gasteiger partial charge in [0, 0.05) is 17.8 Å². The first-order valence-electron chi connectivity index (χ1n) is 4.29. The average molecular weight is 241 g/mol. The number of carboxylic acids is 1. The molecule has 0 saturated carbocycles. The molecule has 1 rings (SSSR count). The second-order valence-corrected chi connectivity index (χ2v) is 3.00. The van der Waals surface area contributed by atoms with Gasteiger partial charge in [0.25, 0.3) is 11.4 Å². The molecule has 17 heavy (non-hydrogen) atoms. The molecule has 0 aliphatic heterocycles. The number of carboxylic acid groups (broad SMARTS) is 1. The fourth-order valence-electron chi connectivity index (χ4n) is 1.09. The Morgan fingerprint density at radius 1 is 1.18 bits per heavy atom. The number of non-ortho nitro benzene ring substituents is 2. The van der Waals surface area contributed by atoms with Gasteiger partial charge < -0.3 is 10.4 Å². The Kier molecular flexibility index (Phi) is 3.55. The Morgan fingerprint density at radius 3 is 2.00 bits per heavy atom. The third-order valence-corrected chi connectivity index (χ3v) is 1.77. The number of nitrogens with one attached hydrogen (secondary N) is 1. The minimum absolute atomic E-state index is 0.00769. The van der Waals surface area contributed by atoms with Crippen molar-refractivity contribution in [2.75, 3.05) is 11.9 Å². The van der Waals surface area contributed by atoms with E-state index in [0.717, 1.165) is 18.2 Å². The van der Waals surface area contributed by atoms with Gasteiger partial charge in [-0.25, -0.2) is 0 Å². The van der Waals surface area contributed by atoms with Crippen LogP contribution in [-0.2, 0) is 4.79 Å². The zero-order valence-corrected chi connectivity index (χ0v) is 8.32. The van der Waals surface area contributed by atoms with E-state index in [2.05, 4.69) is 5.32 Å². The van der Waals surface area contributed by atoms with Gasteiger partial charge in [-0.05, 0) is 0 Å². The van der Waals surface area contributed by atoms with E-state index in [4.69, 9.17) is 5.11 Å². The van der Waals surface area contributed by atoms with Gasteiger partial charge in [0.05, 0.1) is 15.9 Å². The number of rotatable bonds is 5. The zero-order chi connectivity index (χ0) is 13.0. The van der Waals surface area contributed by atoms with Gasteiger partial charge in [0.2, 0.25) is 0 Å². The lowest BCUT2D eigenvalue weighted by molar-refractivity contribution is -0.394. The van der Waals surface area contributed by atoms with Crippen molar-refractivity contribution >= 4 is 23.0 Å². The predicted molar refractivity (Wildman–Crippen MR) is 55.9 cm³/mol. The Bertz CT molecular complexity index is 454. The van der Waals surface area contributed by atoms with Crippen molar-refractivity contribution in [1.29, 1.82) is 0 Å². The number of nitro groups is 2. The summed E-state index contributed by atoms with van der Waals surface area (Å²) in [6.45, 7) is -0.488. The number of aliphatic carboxylic acids is 1. The Balaban J connectivity index is 3.08. The largest absolute Gasteiger partial charge is 0.480 e. The second kappa shape index (κ2) is 4.88. The van der Waals surface area contributed by atoms with Crippen LogP contribution in [0.3, 0.4) is 0 Å². The van der Waals surface area contributed by atoms with E-state index in [1.807, 2.05) is 0 Å². The van der Waals surface area contributed by atoms with Crippen LogP contribution >= 0.6 is 0 Å². The molecule has 9 nitrogen and oxygen atoms in total. The van der Waals surface area contributed by atoms with Crippen LogP contribution in [-0.4, -0.2) is 27.5 Å². The number of hydrogen-bond donors (Lipinski definition) is 2. The molecule has 0 aliphatic rings. The molecule has 0 fully saturated rings. The molecule has 2 N–H and O–H groups in total. The molecule has 1 aromatic rings. The van der Waals surface area contributed by atoms with E-state index >= 15 is 0 Å². The van der Waals surface area contributed by atoms with Gasteiger partial charge in [-0.1, -0.05) is 0 Å². The summed E-state index contributed by atoms with van der Waals surface area (Å²) in [4.78, 5) is 29.7. The summed E-state index contributed by atoms with van der Waals surface area (Å²) in [5.74, 6) is -1.18. The first kappa shape index (κ1) is 12.4. The molecule has 90 valence electrons. The van der Waals surface area contributed by atoms with E-state index in [-0.39, 0.29) is 5.69 Å². The molecule has 0 atom stereocenters. The molecule has 0 unspecified atom stereocenters. The molecule has 0 aromatic heterocycles. The summed E-state index contributed by atoms with van der Waals surface area (Å²) in [6, 6.07) is 2.85. The van der Waals surface area contributed by atoms with Crippen LogP contribution in [0.5, 0.6) is 0 Å². The fourth-order valence-corrected chi connectivity index (χ4v) is 1.09. The molecule has 0 saturated heterocycles. The van der Waals surface area contributed by atoms with Crippen molar-refractivity contribution in [2.24, 2.45) is 0 Å². The number of nitrogens with zero attached hydrogens (tertiary/aromatic N) is 2.